The van der Waals surface area contributed by atoms with Crippen molar-refractivity contribution in [2.75, 3.05) is 6.54 Å². The van der Waals surface area contributed by atoms with Gasteiger partial charge in [0, 0.05) is 28.7 Å². The van der Waals surface area contributed by atoms with E-state index in [1.165, 1.54) is 6.42 Å². The van der Waals surface area contributed by atoms with Gasteiger partial charge in [-0.25, -0.2) is 4.79 Å². The molecule has 0 aromatic heterocycles. The first-order chi connectivity index (χ1) is 13.9. The summed E-state index contributed by atoms with van der Waals surface area (Å²) in [5, 5.41) is 10.1. The van der Waals surface area contributed by atoms with Crippen LogP contribution in [0.4, 0.5) is 0 Å². The van der Waals surface area contributed by atoms with Crippen molar-refractivity contribution >= 4 is 35.1 Å². The maximum atomic E-state index is 13.1. The van der Waals surface area contributed by atoms with Gasteiger partial charge in [-0.15, -0.1) is 0 Å². The van der Waals surface area contributed by atoms with Gasteiger partial charge in [0.15, 0.2) is 0 Å². The third-order valence-corrected chi connectivity index (χ3v) is 7.04. The van der Waals surface area contributed by atoms with Gasteiger partial charge in [-0.3, -0.25) is 4.79 Å². The highest BCUT2D eigenvalue weighted by Crippen LogP contribution is 2.45. The molecule has 1 saturated carbocycles. The molecule has 0 unspecified atom stereocenters. The Balaban J connectivity index is 1.55. The van der Waals surface area contributed by atoms with Crippen LogP contribution in [0.5, 0.6) is 0 Å². The van der Waals surface area contributed by atoms with Crippen LogP contribution in [0.2, 0.25) is 10.0 Å². The lowest BCUT2D eigenvalue weighted by atomic mass is 9.73. The lowest BCUT2D eigenvalue weighted by Crippen LogP contribution is -2.35. The fourth-order valence-corrected chi connectivity index (χ4v) is 5.26. The molecular weight excluding hydrogens is 409 g/mol. The first-order valence-electron chi connectivity index (χ1n) is 10.0. The number of carbonyl (C=O) groups is 2. The summed E-state index contributed by atoms with van der Waals surface area (Å²) in [4.78, 5) is 26.0. The van der Waals surface area contributed by atoms with E-state index in [0.717, 1.165) is 55.3 Å². The van der Waals surface area contributed by atoms with E-state index in [4.69, 9.17) is 28.3 Å². The smallest absolute Gasteiger partial charge is 0.335 e. The van der Waals surface area contributed by atoms with E-state index in [0.29, 0.717) is 16.6 Å². The predicted molar refractivity (Wildman–Crippen MR) is 114 cm³/mol. The van der Waals surface area contributed by atoms with Gasteiger partial charge >= 0.3 is 5.97 Å². The lowest BCUT2D eigenvalue weighted by Gasteiger charge is -2.31. The standard InChI is InChI=1S/C23H23Cl2NO3/c24-19-12-17(15-4-6-16(7-5-15)21(27)28)13-20(25)18(19)14-26-11-10-23(22(26)29)8-2-1-3-9-23/h4-7,12-13H,1-3,8-11,14H2,(H,27,28). The third kappa shape index (κ3) is 3.88. The van der Waals surface area contributed by atoms with E-state index >= 15 is 0 Å². The maximum Gasteiger partial charge on any atom is 0.335 e. The van der Waals surface area contributed by atoms with Crippen molar-refractivity contribution in [1.82, 2.24) is 4.90 Å². The molecular formula is C23H23Cl2NO3. The molecule has 1 aliphatic heterocycles. The number of aromatic carboxylic acids is 1. The van der Waals surface area contributed by atoms with Gasteiger partial charge in [-0.05, 0) is 54.7 Å². The fraction of sp³-hybridized carbons (Fsp3) is 0.391. The van der Waals surface area contributed by atoms with Gasteiger partial charge in [-0.2, -0.15) is 0 Å². The van der Waals surface area contributed by atoms with Crippen LogP contribution in [0.25, 0.3) is 11.1 Å². The summed E-state index contributed by atoms with van der Waals surface area (Å²) in [5.41, 5.74) is 2.48. The van der Waals surface area contributed by atoms with E-state index in [9.17, 15) is 9.59 Å². The van der Waals surface area contributed by atoms with E-state index in [1.807, 2.05) is 17.0 Å². The molecule has 1 aliphatic carbocycles. The minimum atomic E-state index is -0.964. The van der Waals surface area contributed by atoms with Crippen LogP contribution >= 0.6 is 23.2 Å². The van der Waals surface area contributed by atoms with Crippen molar-refractivity contribution < 1.29 is 14.7 Å². The number of likely N-dealkylation sites (tertiary alicyclic amines) is 1. The zero-order valence-corrected chi connectivity index (χ0v) is 17.6. The second-order valence-corrected chi connectivity index (χ2v) is 8.93. The Morgan fingerprint density at radius 2 is 1.59 bits per heavy atom. The second-order valence-electron chi connectivity index (χ2n) is 8.12. The summed E-state index contributed by atoms with van der Waals surface area (Å²) in [5.74, 6) is -0.716. The number of carbonyl (C=O) groups excluding carboxylic acids is 1. The highest BCUT2D eigenvalue weighted by Gasteiger charge is 2.46. The predicted octanol–water partition coefficient (Wildman–Crippen LogP) is 6.04. The zero-order valence-electron chi connectivity index (χ0n) is 16.1. The molecule has 0 radical (unpaired) electrons. The number of hydrogen-bond donors (Lipinski definition) is 1. The number of carboxylic acids is 1. The van der Waals surface area contributed by atoms with Crippen molar-refractivity contribution in [3.8, 4) is 11.1 Å². The number of benzene rings is 2. The van der Waals surface area contributed by atoms with Crippen LogP contribution in [0, 0.1) is 5.41 Å². The van der Waals surface area contributed by atoms with Crippen LogP contribution in [-0.2, 0) is 11.3 Å². The number of hydrogen-bond acceptors (Lipinski definition) is 2. The van der Waals surface area contributed by atoms with E-state index in [-0.39, 0.29) is 16.9 Å². The fourth-order valence-electron chi connectivity index (χ4n) is 4.65. The van der Waals surface area contributed by atoms with Crippen LogP contribution in [0.15, 0.2) is 36.4 Å². The highest BCUT2D eigenvalue weighted by atomic mass is 35.5. The number of rotatable bonds is 4. The van der Waals surface area contributed by atoms with Crippen molar-refractivity contribution in [3.05, 3.63) is 57.6 Å². The summed E-state index contributed by atoms with van der Waals surface area (Å²) < 4.78 is 0. The molecule has 2 fully saturated rings. The van der Waals surface area contributed by atoms with Crippen LogP contribution < -0.4 is 0 Å². The number of halogens is 2. The molecule has 2 aromatic carbocycles. The topological polar surface area (TPSA) is 57.6 Å². The molecule has 152 valence electrons. The molecule has 1 heterocycles. The second kappa shape index (κ2) is 8.00. The number of amides is 1. The van der Waals surface area contributed by atoms with Gasteiger partial charge in [0.05, 0.1) is 11.0 Å². The Labute approximate surface area is 180 Å². The Morgan fingerprint density at radius 1 is 0.966 bits per heavy atom. The summed E-state index contributed by atoms with van der Waals surface area (Å²) in [6.45, 7) is 1.18. The van der Waals surface area contributed by atoms with E-state index < -0.39 is 5.97 Å². The van der Waals surface area contributed by atoms with Crippen molar-refractivity contribution in [2.45, 2.75) is 45.1 Å². The molecule has 2 aromatic rings. The highest BCUT2D eigenvalue weighted by molar-refractivity contribution is 6.36. The van der Waals surface area contributed by atoms with Gasteiger partial charge < -0.3 is 10.0 Å². The third-order valence-electron chi connectivity index (χ3n) is 6.37. The van der Waals surface area contributed by atoms with Crippen LogP contribution in [0.3, 0.4) is 0 Å². The summed E-state index contributed by atoms with van der Waals surface area (Å²) >= 11 is 13.1. The Hall–Kier alpha value is -2.04. The number of nitrogens with zero attached hydrogens (tertiary/aromatic N) is 1. The minimum absolute atomic E-state index is 0.164. The minimum Gasteiger partial charge on any atom is -0.478 e. The van der Waals surface area contributed by atoms with Gasteiger partial charge in [0.2, 0.25) is 5.91 Å². The summed E-state index contributed by atoms with van der Waals surface area (Å²) in [6.07, 6.45) is 6.41. The largest absolute Gasteiger partial charge is 0.478 e. The van der Waals surface area contributed by atoms with Gasteiger partial charge in [-0.1, -0.05) is 54.6 Å². The molecule has 6 heteroatoms. The van der Waals surface area contributed by atoms with E-state index in [1.54, 1.807) is 24.3 Å². The Morgan fingerprint density at radius 3 is 2.17 bits per heavy atom. The van der Waals surface area contributed by atoms with Crippen molar-refractivity contribution in [3.63, 3.8) is 0 Å². The monoisotopic (exact) mass is 431 g/mol. The molecule has 29 heavy (non-hydrogen) atoms. The molecule has 1 N–H and O–H groups in total. The normalized spacial score (nSPS) is 18.4. The first kappa shape index (κ1) is 20.2. The average Bonchev–Trinajstić information content (AvgIpc) is 3.00. The molecule has 2 aliphatic rings. The first-order valence-corrected chi connectivity index (χ1v) is 10.8. The summed E-state index contributed by atoms with van der Waals surface area (Å²) in [7, 11) is 0. The molecule has 4 rings (SSSR count). The molecule has 0 bridgehead atoms. The zero-order chi connectivity index (χ0) is 20.6. The Kier molecular flexibility index (Phi) is 5.58. The molecule has 1 spiro atoms. The maximum absolute atomic E-state index is 13.1. The molecule has 0 atom stereocenters. The lowest BCUT2D eigenvalue weighted by molar-refractivity contribution is -0.138. The quantitative estimate of drug-likeness (QED) is 0.641. The summed E-state index contributed by atoms with van der Waals surface area (Å²) in [6, 6.07) is 10.2. The van der Waals surface area contributed by atoms with Gasteiger partial charge in [0.25, 0.3) is 0 Å². The SMILES string of the molecule is O=C(O)c1ccc(-c2cc(Cl)c(CN3CCC4(CCCCC4)C3=O)c(Cl)c2)cc1. The van der Waals surface area contributed by atoms with Crippen LogP contribution in [0.1, 0.15) is 54.4 Å². The van der Waals surface area contributed by atoms with Crippen molar-refractivity contribution in [1.29, 1.82) is 0 Å². The van der Waals surface area contributed by atoms with E-state index in [2.05, 4.69) is 0 Å². The average molecular weight is 432 g/mol. The van der Waals surface area contributed by atoms with Crippen LogP contribution in [-0.4, -0.2) is 28.4 Å². The molecule has 1 amide bonds. The molecule has 4 nitrogen and oxygen atoms in total. The Bertz CT molecular complexity index is 926. The van der Waals surface area contributed by atoms with Gasteiger partial charge in [0.1, 0.15) is 0 Å². The van der Waals surface area contributed by atoms with Crippen molar-refractivity contribution in [2.24, 2.45) is 5.41 Å². The number of carboxylic acid groups (broad SMARTS) is 1. The molecule has 1 saturated heterocycles.